The molecule has 1 aliphatic rings. The predicted octanol–water partition coefficient (Wildman–Crippen LogP) is 3.08. The summed E-state index contributed by atoms with van der Waals surface area (Å²) in [5.41, 5.74) is 0. The van der Waals surface area contributed by atoms with Crippen LogP contribution in [0, 0.1) is 0 Å². The highest BCUT2D eigenvalue weighted by atomic mass is 16.5. The zero-order valence-corrected chi connectivity index (χ0v) is 13.6. The summed E-state index contributed by atoms with van der Waals surface area (Å²) in [6.45, 7) is 9.28. The average Bonchev–Trinajstić information content (AvgIpc) is 2.92. The van der Waals surface area contributed by atoms with Crippen LogP contribution in [0.1, 0.15) is 65.7 Å². The van der Waals surface area contributed by atoms with Crippen LogP contribution in [0.25, 0.3) is 0 Å². The first-order valence-electron chi connectivity index (χ1n) is 8.42. The molecule has 0 amide bonds. The summed E-state index contributed by atoms with van der Waals surface area (Å²) in [4.78, 5) is 4.66. The van der Waals surface area contributed by atoms with E-state index in [0.717, 1.165) is 32.1 Å². The molecular formula is C16H33N3O. The predicted molar refractivity (Wildman–Crippen MR) is 86.3 cm³/mol. The van der Waals surface area contributed by atoms with Gasteiger partial charge in [0.25, 0.3) is 0 Å². The van der Waals surface area contributed by atoms with Gasteiger partial charge in [-0.1, -0.05) is 26.2 Å². The maximum atomic E-state index is 5.63. The van der Waals surface area contributed by atoms with E-state index in [1.54, 1.807) is 0 Å². The second-order valence-corrected chi connectivity index (χ2v) is 5.73. The molecule has 2 N–H and O–H groups in total. The largest absolute Gasteiger partial charge is 0.378 e. The van der Waals surface area contributed by atoms with E-state index in [1.165, 1.54) is 38.5 Å². The summed E-state index contributed by atoms with van der Waals surface area (Å²) in [5, 5.41) is 6.83. The van der Waals surface area contributed by atoms with Gasteiger partial charge in [0.2, 0.25) is 0 Å². The molecule has 0 saturated carbocycles. The summed E-state index contributed by atoms with van der Waals surface area (Å²) < 4.78 is 5.63. The van der Waals surface area contributed by atoms with E-state index in [9.17, 15) is 0 Å². The number of rotatable bonds is 9. The molecule has 1 fully saturated rings. The Hall–Kier alpha value is -0.770. The van der Waals surface area contributed by atoms with Gasteiger partial charge in [-0.15, -0.1) is 0 Å². The third-order valence-electron chi connectivity index (χ3n) is 3.71. The van der Waals surface area contributed by atoms with Crippen LogP contribution < -0.4 is 10.6 Å². The van der Waals surface area contributed by atoms with Gasteiger partial charge in [0.1, 0.15) is 0 Å². The minimum Gasteiger partial charge on any atom is -0.378 e. The molecule has 118 valence electrons. The fourth-order valence-electron chi connectivity index (χ4n) is 2.52. The van der Waals surface area contributed by atoms with Gasteiger partial charge in [-0.3, -0.25) is 4.99 Å². The molecule has 2 atom stereocenters. The molecule has 1 aliphatic heterocycles. The number of unbranched alkanes of at least 4 members (excludes halogenated alkanes) is 2. The summed E-state index contributed by atoms with van der Waals surface area (Å²) in [7, 11) is 0. The van der Waals surface area contributed by atoms with Gasteiger partial charge in [0.15, 0.2) is 5.96 Å². The molecule has 4 heteroatoms. The van der Waals surface area contributed by atoms with Gasteiger partial charge >= 0.3 is 0 Å². The molecule has 0 aromatic rings. The SMILES string of the molecule is CCCCCC(C)NC(=NCCC1CCCO1)NCC. The number of hydrogen-bond acceptors (Lipinski definition) is 2. The highest BCUT2D eigenvalue weighted by molar-refractivity contribution is 5.80. The van der Waals surface area contributed by atoms with Crippen LogP contribution in [0.2, 0.25) is 0 Å². The molecule has 4 nitrogen and oxygen atoms in total. The second kappa shape index (κ2) is 11.0. The van der Waals surface area contributed by atoms with Gasteiger partial charge in [-0.2, -0.15) is 0 Å². The minimum atomic E-state index is 0.434. The molecule has 20 heavy (non-hydrogen) atoms. The fraction of sp³-hybridized carbons (Fsp3) is 0.938. The lowest BCUT2D eigenvalue weighted by Crippen LogP contribution is -2.42. The molecule has 0 spiro atoms. The Bertz CT molecular complexity index is 262. The van der Waals surface area contributed by atoms with Crippen molar-refractivity contribution in [3.63, 3.8) is 0 Å². The molecule has 0 aromatic carbocycles. The Morgan fingerprint density at radius 2 is 2.20 bits per heavy atom. The highest BCUT2D eigenvalue weighted by Crippen LogP contribution is 2.14. The van der Waals surface area contributed by atoms with Gasteiger partial charge in [-0.25, -0.2) is 0 Å². The monoisotopic (exact) mass is 283 g/mol. The third-order valence-corrected chi connectivity index (χ3v) is 3.71. The Kier molecular flexibility index (Phi) is 9.46. The van der Waals surface area contributed by atoms with Crippen molar-refractivity contribution in [1.82, 2.24) is 10.6 Å². The summed E-state index contributed by atoms with van der Waals surface area (Å²) in [6, 6.07) is 0.488. The Morgan fingerprint density at radius 3 is 2.85 bits per heavy atom. The zero-order chi connectivity index (χ0) is 14.6. The van der Waals surface area contributed by atoms with E-state index in [4.69, 9.17) is 4.74 Å². The van der Waals surface area contributed by atoms with Crippen LogP contribution in [0.5, 0.6) is 0 Å². The topological polar surface area (TPSA) is 45.7 Å². The number of nitrogens with one attached hydrogen (secondary N) is 2. The van der Waals surface area contributed by atoms with E-state index in [0.29, 0.717) is 12.1 Å². The van der Waals surface area contributed by atoms with Gasteiger partial charge in [0.05, 0.1) is 6.10 Å². The molecule has 0 bridgehead atoms. The smallest absolute Gasteiger partial charge is 0.191 e. The van der Waals surface area contributed by atoms with E-state index in [-0.39, 0.29) is 0 Å². The van der Waals surface area contributed by atoms with Crippen molar-refractivity contribution >= 4 is 5.96 Å². The molecule has 1 heterocycles. The van der Waals surface area contributed by atoms with Crippen molar-refractivity contribution in [3.05, 3.63) is 0 Å². The lowest BCUT2D eigenvalue weighted by atomic mass is 10.1. The van der Waals surface area contributed by atoms with Crippen molar-refractivity contribution in [2.24, 2.45) is 4.99 Å². The van der Waals surface area contributed by atoms with Crippen LogP contribution >= 0.6 is 0 Å². The number of hydrogen-bond donors (Lipinski definition) is 2. The highest BCUT2D eigenvalue weighted by Gasteiger charge is 2.14. The third kappa shape index (κ3) is 7.73. The molecule has 1 rings (SSSR count). The summed E-state index contributed by atoms with van der Waals surface area (Å²) in [5.74, 6) is 0.953. The normalized spacial score (nSPS) is 20.9. The van der Waals surface area contributed by atoms with Crippen molar-refractivity contribution in [1.29, 1.82) is 0 Å². The maximum Gasteiger partial charge on any atom is 0.191 e. The maximum absolute atomic E-state index is 5.63. The molecule has 1 saturated heterocycles. The fourth-order valence-corrected chi connectivity index (χ4v) is 2.52. The number of ether oxygens (including phenoxy) is 1. The lowest BCUT2D eigenvalue weighted by molar-refractivity contribution is 0.106. The van der Waals surface area contributed by atoms with Gasteiger partial charge < -0.3 is 15.4 Å². The standard InChI is InChI=1S/C16H33N3O/c1-4-6-7-9-14(3)19-16(17-5-2)18-12-11-15-10-8-13-20-15/h14-15H,4-13H2,1-3H3,(H2,17,18,19). The Labute approximate surface area is 124 Å². The molecule has 0 aromatic heterocycles. The molecule has 2 unspecified atom stereocenters. The van der Waals surface area contributed by atoms with Gasteiger partial charge in [-0.05, 0) is 39.5 Å². The quantitative estimate of drug-likeness (QED) is 0.388. The minimum absolute atomic E-state index is 0.434. The van der Waals surface area contributed by atoms with E-state index < -0.39 is 0 Å². The summed E-state index contributed by atoms with van der Waals surface area (Å²) >= 11 is 0. The second-order valence-electron chi connectivity index (χ2n) is 5.73. The van der Waals surface area contributed by atoms with Crippen molar-refractivity contribution < 1.29 is 4.74 Å². The van der Waals surface area contributed by atoms with Gasteiger partial charge in [0, 0.05) is 25.7 Å². The van der Waals surface area contributed by atoms with E-state index >= 15 is 0 Å². The first-order chi connectivity index (χ1) is 9.76. The van der Waals surface area contributed by atoms with Crippen LogP contribution in [0.4, 0.5) is 0 Å². The van der Waals surface area contributed by atoms with Crippen molar-refractivity contribution in [2.45, 2.75) is 77.9 Å². The molecule has 0 radical (unpaired) electrons. The number of aliphatic imine (C=N–C) groups is 1. The average molecular weight is 283 g/mol. The first kappa shape index (κ1) is 17.3. The molecule has 0 aliphatic carbocycles. The van der Waals surface area contributed by atoms with Crippen LogP contribution in [-0.2, 0) is 4.74 Å². The summed E-state index contributed by atoms with van der Waals surface area (Å²) in [6.07, 6.45) is 8.99. The number of guanidine groups is 1. The van der Waals surface area contributed by atoms with Crippen LogP contribution in [-0.4, -0.2) is 37.8 Å². The van der Waals surface area contributed by atoms with Crippen molar-refractivity contribution in [2.75, 3.05) is 19.7 Å². The molecular weight excluding hydrogens is 250 g/mol. The van der Waals surface area contributed by atoms with Crippen molar-refractivity contribution in [3.8, 4) is 0 Å². The van der Waals surface area contributed by atoms with Crippen LogP contribution in [0.3, 0.4) is 0 Å². The zero-order valence-electron chi connectivity index (χ0n) is 13.6. The number of nitrogens with zero attached hydrogens (tertiary/aromatic N) is 1. The van der Waals surface area contributed by atoms with E-state index in [1.807, 2.05) is 0 Å². The van der Waals surface area contributed by atoms with E-state index in [2.05, 4.69) is 36.4 Å². The Morgan fingerprint density at radius 1 is 1.35 bits per heavy atom. The Balaban J connectivity index is 2.25. The van der Waals surface area contributed by atoms with Crippen LogP contribution in [0.15, 0.2) is 4.99 Å². The lowest BCUT2D eigenvalue weighted by Gasteiger charge is -2.18. The first-order valence-corrected chi connectivity index (χ1v) is 8.42.